The second-order valence-electron chi connectivity index (χ2n) is 8.46. The van der Waals surface area contributed by atoms with E-state index in [2.05, 4.69) is 6.92 Å². The number of Topliss-reactive ketones (excluding diaryl/α,β-unsaturated/α-hetero) is 1. The third kappa shape index (κ3) is 4.16. The van der Waals surface area contributed by atoms with E-state index in [0.29, 0.717) is 22.1 Å². The van der Waals surface area contributed by atoms with E-state index in [4.69, 9.17) is 9.72 Å². The number of para-hydroxylation sites is 1. The molecule has 1 aliphatic rings. The van der Waals surface area contributed by atoms with Crippen LogP contribution in [-0.2, 0) is 12.8 Å². The van der Waals surface area contributed by atoms with Crippen molar-refractivity contribution in [1.82, 2.24) is 9.55 Å². The molecule has 4 aromatic rings. The van der Waals surface area contributed by atoms with Crippen molar-refractivity contribution in [2.45, 2.75) is 31.3 Å². The second-order valence-corrected chi connectivity index (χ2v) is 10.5. The fourth-order valence-corrected chi connectivity index (χ4v) is 6.66. The van der Waals surface area contributed by atoms with Crippen LogP contribution < -0.4 is 10.3 Å². The lowest BCUT2D eigenvalue weighted by Crippen LogP contribution is -2.23. The molecule has 174 valence electrons. The maximum atomic E-state index is 14.1. The van der Waals surface area contributed by atoms with Crippen molar-refractivity contribution in [3.63, 3.8) is 0 Å². The second kappa shape index (κ2) is 9.35. The number of methoxy groups -OCH3 is 1. The van der Waals surface area contributed by atoms with Crippen LogP contribution >= 0.6 is 23.1 Å². The highest BCUT2D eigenvalue weighted by atomic mass is 32.2. The molecule has 0 aliphatic heterocycles. The molecule has 1 atom stereocenters. The number of aryl methyl sites for hydroxylation is 1. The summed E-state index contributed by atoms with van der Waals surface area (Å²) in [5.74, 6) is -0.130. The zero-order valence-corrected chi connectivity index (χ0v) is 20.5. The van der Waals surface area contributed by atoms with E-state index < -0.39 is 5.82 Å². The average Bonchev–Trinajstić information content (AvgIpc) is 3.20. The summed E-state index contributed by atoms with van der Waals surface area (Å²) in [5, 5.41) is 1.15. The highest BCUT2D eigenvalue weighted by Gasteiger charge is 2.25. The molecule has 5 nitrogen and oxygen atoms in total. The Hall–Kier alpha value is -2.97. The summed E-state index contributed by atoms with van der Waals surface area (Å²) in [6, 6.07) is 13.5. The number of ether oxygens (including phenoxy) is 1. The molecule has 2 aromatic heterocycles. The number of carbonyl (C=O) groups is 1. The van der Waals surface area contributed by atoms with Crippen LogP contribution in [0.3, 0.4) is 0 Å². The molecule has 0 amide bonds. The lowest BCUT2D eigenvalue weighted by atomic mass is 9.89. The first-order valence-corrected chi connectivity index (χ1v) is 12.9. The van der Waals surface area contributed by atoms with Gasteiger partial charge in [-0.15, -0.1) is 11.3 Å². The van der Waals surface area contributed by atoms with E-state index >= 15 is 0 Å². The number of thioether (sulfide) groups is 1. The number of benzene rings is 2. The topological polar surface area (TPSA) is 61.2 Å². The molecule has 0 fully saturated rings. The van der Waals surface area contributed by atoms with Gasteiger partial charge in [-0.05, 0) is 61.1 Å². The quantitative estimate of drug-likeness (QED) is 0.196. The minimum Gasteiger partial charge on any atom is -0.494 e. The number of hydrogen-bond donors (Lipinski definition) is 0. The maximum Gasteiger partial charge on any atom is 0.267 e. The minimum absolute atomic E-state index is 0.0265. The van der Waals surface area contributed by atoms with E-state index in [9.17, 15) is 14.0 Å². The van der Waals surface area contributed by atoms with Crippen molar-refractivity contribution < 1.29 is 13.9 Å². The fourth-order valence-electron chi connectivity index (χ4n) is 4.33. The fraction of sp³-hybridized carbons (Fsp3) is 0.269. The molecule has 2 aromatic carbocycles. The van der Waals surface area contributed by atoms with Crippen LogP contribution in [0.25, 0.3) is 15.9 Å². The van der Waals surface area contributed by atoms with Gasteiger partial charge in [0.2, 0.25) is 0 Å². The summed E-state index contributed by atoms with van der Waals surface area (Å²) >= 11 is 2.78. The van der Waals surface area contributed by atoms with E-state index in [1.165, 1.54) is 35.9 Å². The predicted octanol–water partition coefficient (Wildman–Crippen LogP) is 5.69. The molecular weight excluding hydrogens is 471 g/mol. The number of fused-ring (bicyclic) bond motifs is 3. The van der Waals surface area contributed by atoms with Crippen LogP contribution in [0.2, 0.25) is 0 Å². The first kappa shape index (κ1) is 22.8. The Kier molecular flexibility index (Phi) is 6.27. The van der Waals surface area contributed by atoms with Crippen molar-refractivity contribution in [1.29, 1.82) is 0 Å². The molecule has 2 heterocycles. The van der Waals surface area contributed by atoms with Gasteiger partial charge >= 0.3 is 0 Å². The standard InChI is InChI=1S/C26H23FN2O3S2/c1-15-8-10-18-22(12-15)34-24-23(18)25(31)29(17-6-4-3-5-7-17)26(28-24)33-14-20(30)16-9-11-21(32-2)19(27)13-16/h3-7,9,11,13,15H,8,10,12,14H2,1-2H3. The van der Waals surface area contributed by atoms with E-state index in [0.717, 1.165) is 29.7 Å². The Balaban J connectivity index is 1.55. The lowest BCUT2D eigenvalue weighted by molar-refractivity contribution is 0.102. The summed E-state index contributed by atoms with van der Waals surface area (Å²) in [7, 11) is 1.38. The van der Waals surface area contributed by atoms with Gasteiger partial charge in [-0.3, -0.25) is 14.2 Å². The molecular formula is C26H23FN2O3S2. The first-order valence-electron chi connectivity index (χ1n) is 11.1. The zero-order chi connectivity index (χ0) is 23.8. The highest BCUT2D eigenvalue weighted by molar-refractivity contribution is 7.99. The Labute approximate surface area is 204 Å². The number of rotatable bonds is 6. The van der Waals surface area contributed by atoms with E-state index in [-0.39, 0.29) is 28.4 Å². The number of thiophene rings is 1. The number of aromatic nitrogens is 2. The van der Waals surface area contributed by atoms with Gasteiger partial charge < -0.3 is 4.74 Å². The van der Waals surface area contributed by atoms with Crippen LogP contribution in [-0.4, -0.2) is 28.2 Å². The lowest BCUT2D eigenvalue weighted by Gasteiger charge is -2.17. The van der Waals surface area contributed by atoms with Gasteiger partial charge in [0.05, 0.1) is 23.9 Å². The van der Waals surface area contributed by atoms with Gasteiger partial charge in [0.15, 0.2) is 22.5 Å². The van der Waals surface area contributed by atoms with Gasteiger partial charge in [-0.25, -0.2) is 9.37 Å². The number of hydrogen-bond acceptors (Lipinski definition) is 6. The van der Waals surface area contributed by atoms with Crippen LogP contribution in [0.15, 0.2) is 58.5 Å². The van der Waals surface area contributed by atoms with E-state index in [1.54, 1.807) is 22.0 Å². The maximum absolute atomic E-state index is 14.1. The largest absolute Gasteiger partial charge is 0.494 e. The van der Waals surface area contributed by atoms with Gasteiger partial charge in [0.1, 0.15) is 4.83 Å². The first-order chi connectivity index (χ1) is 16.5. The number of halogens is 1. The molecule has 1 unspecified atom stereocenters. The molecule has 0 radical (unpaired) electrons. The monoisotopic (exact) mass is 494 g/mol. The third-order valence-electron chi connectivity index (χ3n) is 6.12. The number of ketones is 1. The Morgan fingerprint density at radius 3 is 2.79 bits per heavy atom. The number of carbonyl (C=O) groups excluding carboxylic acids is 1. The van der Waals surface area contributed by atoms with Crippen LogP contribution in [0.4, 0.5) is 4.39 Å². The molecule has 1 aliphatic carbocycles. The Bertz CT molecular complexity index is 1450. The van der Waals surface area contributed by atoms with Gasteiger partial charge in [-0.1, -0.05) is 36.9 Å². The number of nitrogens with zero attached hydrogens (tertiary/aromatic N) is 2. The van der Waals surface area contributed by atoms with Gasteiger partial charge in [0, 0.05) is 10.4 Å². The van der Waals surface area contributed by atoms with Crippen LogP contribution in [0, 0.1) is 11.7 Å². The summed E-state index contributed by atoms with van der Waals surface area (Å²) in [6.45, 7) is 2.23. The van der Waals surface area contributed by atoms with E-state index in [1.807, 2.05) is 30.3 Å². The van der Waals surface area contributed by atoms with Crippen molar-refractivity contribution in [3.05, 3.63) is 80.7 Å². The molecule has 8 heteroatoms. The third-order valence-corrected chi connectivity index (χ3v) is 8.21. The van der Waals surface area contributed by atoms with Crippen LogP contribution in [0.5, 0.6) is 5.75 Å². The highest BCUT2D eigenvalue weighted by Crippen LogP contribution is 2.37. The molecule has 34 heavy (non-hydrogen) atoms. The molecule has 0 saturated heterocycles. The average molecular weight is 495 g/mol. The molecule has 5 rings (SSSR count). The van der Waals surface area contributed by atoms with Crippen LogP contribution in [0.1, 0.15) is 34.1 Å². The summed E-state index contributed by atoms with van der Waals surface area (Å²) in [6.07, 6.45) is 2.91. The summed E-state index contributed by atoms with van der Waals surface area (Å²) in [5.41, 5.74) is 1.98. The van der Waals surface area contributed by atoms with Crippen molar-refractivity contribution >= 4 is 39.1 Å². The zero-order valence-electron chi connectivity index (χ0n) is 18.8. The SMILES string of the molecule is COc1ccc(C(=O)CSc2nc3sc4c(c3c(=O)n2-c2ccccc2)CCC(C)C4)cc1F. The molecule has 0 bridgehead atoms. The van der Waals surface area contributed by atoms with Gasteiger partial charge in [-0.2, -0.15) is 0 Å². The Morgan fingerprint density at radius 1 is 1.26 bits per heavy atom. The summed E-state index contributed by atoms with van der Waals surface area (Å²) in [4.78, 5) is 33.4. The van der Waals surface area contributed by atoms with Crippen molar-refractivity contribution in [2.75, 3.05) is 12.9 Å². The van der Waals surface area contributed by atoms with Crippen molar-refractivity contribution in [2.24, 2.45) is 5.92 Å². The Morgan fingerprint density at radius 2 is 2.06 bits per heavy atom. The van der Waals surface area contributed by atoms with Gasteiger partial charge in [0.25, 0.3) is 5.56 Å². The molecule has 0 saturated carbocycles. The smallest absolute Gasteiger partial charge is 0.267 e. The summed E-state index contributed by atoms with van der Waals surface area (Å²) < 4.78 is 20.6. The molecule has 0 N–H and O–H groups in total. The minimum atomic E-state index is -0.586. The predicted molar refractivity (Wildman–Crippen MR) is 134 cm³/mol. The van der Waals surface area contributed by atoms with Crippen molar-refractivity contribution in [3.8, 4) is 11.4 Å². The molecule has 0 spiro atoms. The normalized spacial score (nSPS) is 15.3.